The van der Waals surface area contributed by atoms with E-state index in [4.69, 9.17) is 10.5 Å². The number of pyridine rings is 1. The summed E-state index contributed by atoms with van der Waals surface area (Å²) in [5.74, 6) is -0.975. The number of imidazole rings is 1. The van der Waals surface area contributed by atoms with E-state index in [2.05, 4.69) is 20.4 Å². The molecule has 36 heavy (non-hydrogen) atoms. The van der Waals surface area contributed by atoms with Gasteiger partial charge < -0.3 is 20.9 Å². The summed E-state index contributed by atoms with van der Waals surface area (Å²) in [7, 11) is 1.35. The molecule has 1 aliphatic rings. The van der Waals surface area contributed by atoms with Crippen LogP contribution in [0.15, 0.2) is 48.9 Å². The molecule has 1 aromatic carbocycles. The van der Waals surface area contributed by atoms with E-state index in [-0.39, 0.29) is 34.9 Å². The molecule has 188 valence electrons. The smallest absolute Gasteiger partial charge is 0.229 e. The number of fused-ring (bicyclic) bond motifs is 1. The maximum absolute atomic E-state index is 14.7. The van der Waals surface area contributed by atoms with Gasteiger partial charge in [0.05, 0.1) is 47.6 Å². The van der Waals surface area contributed by atoms with E-state index in [9.17, 15) is 13.9 Å². The molecule has 0 amide bonds. The molecule has 8 nitrogen and oxygen atoms in total. The van der Waals surface area contributed by atoms with E-state index in [1.165, 1.54) is 11.6 Å². The molecule has 3 heterocycles. The minimum Gasteiger partial charge on any atom is -0.497 e. The molecule has 0 aliphatic heterocycles. The van der Waals surface area contributed by atoms with Crippen molar-refractivity contribution in [2.75, 3.05) is 12.4 Å². The molecule has 3 aromatic heterocycles. The highest BCUT2D eigenvalue weighted by Gasteiger charge is 2.42. The molecule has 5 rings (SSSR count). The van der Waals surface area contributed by atoms with Gasteiger partial charge in [0.15, 0.2) is 0 Å². The van der Waals surface area contributed by atoms with Crippen LogP contribution in [0.3, 0.4) is 0 Å². The third kappa shape index (κ3) is 4.16. The van der Waals surface area contributed by atoms with Crippen molar-refractivity contribution in [3.05, 3.63) is 66.1 Å². The Morgan fingerprint density at radius 3 is 2.61 bits per heavy atom. The molecule has 4 N–H and O–H groups in total. The van der Waals surface area contributed by atoms with E-state index in [1.54, 1.807) is 37.6 Å². The van der Waals surface area contributed by atoms with Gasteiger partial charge >= 0.3 is 0 Å². The van der Waals surface area contributed by atoms with Crippen LogP contribution in [0, 0.1) is 17.6 Å². The summed E-state index contributed by atoms with van der Waals surface area (Å²) in [6.45, 7) is 3.80. The van der Waals surface area contributed by atoms with E-state index in [1.807, 2.05) is 13.0 Å². The van der Waals surface area contributed by atoms with Gasteiger partial charge in [-0.1, -0.05) is 6.92 Å². The predicted octanol–water partition coefficient (Wildman–Crippen LogP) is 4.41. The Morgan fingerprint density at radius 2 is 1.92 bits per heavy atom. The molecule has 0 saturated heterocycles. The first kappa shape index (κ1) is 24.1. The second-order valence-corrected chi connectivity index (χ2v) is 9.59. The lowest BCUT2D eigenvalue weighted by atomic mass is 9.68. The maximum Gasteiger partial charge on any atom is 0.229 e. The average Bonchev–Trinajstić information content (AvgIpc) is 3.24. The molecule has 1 aliphatic carbocycles. The third-order valence-electron chi connectivity index (χ3n) is 7.36. The van der Waals surface area contributed by atoms with Crippen molar-refractivity contribution in [2.24, 2.45) is 11.7 Å². The summed E-state index contributed by atoms with van der Waals surface area (Å²) >= 11 is 0. The number of halogens is 2. The van der Waals surface area contributed by atoms with Gasteiger partial charge in [-0.15, -0.1) is 0 Å². The van der Waals surface area contributed by atoms with Crippen LogP contribution in [0.5, 0.6) is 5.75 Å². The lowest BCUT2D eigenvalue weighted by Gasteiger charge is -2.44. The van der Waals surface area contributed by atoms with Crippen LogP contribution in [0.4, 0.5) is 20.4 Å². The Balaban J connectivity index is 1.50. The van der Waals surface area contributed by atoms with Crippen molar-refractivity contribution in [3.8, 4) is 17.0 Å². The number of aromatic nitrogens is 4. The number of hydrogen-bond acceptors (Lipinski definition) is 7. The standard InChI is InChI=1S/C26H28F2N6O2/c1-14-8-15(9-23(29)26(14,2)35)18-6-7-30-13-22(18)32-25-31-12-16-4-5-21(33-34(16)25)24-19(27)10-17(36-3)11-20(24)28/h4-7,10-15,23,35H,8-9,29H2,1-3H3,(H,31,32). The summed E-state index contributed by atoms with van der Waals surface area (Å²) in [6.07, 6.45) is 6.42. The Hall–Kier alpha value is -3.63. The first-order chi connectivity index (χ1) is 17.2. The Kier molecular flexibility index (Phi) is 6.09. The average molecular weight is 495 g/mol. The Bertz CT molecular complexity index is 1390. The zero-order chi connectivity index (χ0) is 25.6. The third-order valence-corrected chi connectivity index (χ3v) is 7.36. The molecule has 10 heteroatoms. The topological polar surface area (TPSA) is 111 Å². The molecule has 4 aromatic rings. The van der Waals surface area contributed by atoms with Gasteiger partial charge in [0.25, 0.3) is 0 Å². The van der Waals surface area contributed by atoms with Crippen LogP contribution < -0.4 is 15.8 Å². The lowest BCUT2D eigenvalue weighted by molar-refractivity contribution is -0.0463. The number of methoxy groups -OCH3 is 1. The zero-order valence-corrected chi connectivity index (χ0v) is 20.2. The highest BCUT2D eigenvalue weighted by molar-refractivity contribution is 5.66. The molecule has 4 unspecified atom stereocenters. The van der Waals surface area contributed by atoms with Gasteiger partial charge in [-0.2, -0.15) is 9.61 Å². The normalized spacial score (nSPS) is 24.1. The van der Waals surface area contributed by atoms with Crippen LogP contribution in [0.25, 0.3) is 16.8 Å². The van der Waals surface area contributed by atoms with Gasteiger partial charge in [-0.25, -0.2) is 13.8 Å². The maximum atomic E-state index is 14.7. The monoisotopic (exact) mass is 494 g/mol. The fourth-order valence-electron chi connectivity index (χ4n) is 4.93. The number of benzene rings is 1. The first-order valence-electron chi connectivity index (χ1n) is 11.8. The highest BCUT2D eigenvalue weighted by Crippen LogP contribution is 2.43. The quantitative estimate of drug-likeness (QED) is 0.377. The van der Waals surface area contributed by atoms with Crippen LogP contribution in [-0.2, 0) is 0 Å². The van der Waals surface area contributed by atoms with E-state index >= 15 is 0 Å². The molecule has 0 spiro atoms. The van der Waals surface area contributed by atoms with Crippen LogP contribution in [0.1, 0.15) is 38.2 Å². The number of nitrogens with one attached hydrogen (secondary N) is 1. The molecule has 0 radical (unpaired) electrons. The minimum atomic E-state index is -0.928. The zero-order valence-electron chi connectivity index (χ0n) is 20.2. The SMILES string of the molecule is COc1cc(F)c(-c2ccc3cnc(Nc4cnccc4C4CC(C)C(C)(O)C(N)C4)n3n2)c(F)c1. The van der Waals surface area contributed by atoms with Crippen molar-refractivity contribution in [2.45, 2.75) is 44.2 Å². The van der Waals surface area contributed by atoms with Gasteiger partial charge in [0.1, 0.15) is 17.4 Å². The molecule has 1 saturated carbocycles. The van der Waals surface area contributed by atoms with Gasteiger partial charge in [-0.3, -0.25) is 4.98 Å². The summed E-state index contributed by atoms with van der Waals surface area (Å²) in [5, 5.41) is 18.5. The minimum absolute atomic E-state index is 0.0121. The van der Waals surface area contributed by atoms with Crippen LogP contribution in [-0.4, -0.2) is 43.4 Å². The number of ether oxygens (including phenoxy) is 1. The number of anilines is 2. The van der Waals surface area contributed by atoms with Crippen molar-refractivity contribution in [3.63, 3.8) is 0 Å². The van der Waals surface area contributed by atoms with Gasteiger partial charge in [-0.05, 0) is 55.4 Å². The first-order valence-corrected chi connectivity index (χ1v) is 11.8. The van der Waals surface area contributed by atoms with Crippen molar-refractivity contribution >= 4 is 17.2 Å². The van der Waals surface area contributed by atoms with Gasteiger partial charge in [0, 0.05) is 24.4 Å². The predicted molar refractivity (Wildman–Crippen MR) is 132 cm³/mol. The van der Waals surface area contributed by atoms with Crippen molar-refractivity contribution in [1.29, 1.82) is 0 Å². The number of rotatable bonds is 5. The molecular formula is C26H28F2N6O2. The summed E-state index contributed by atoms with van der Waals surface area (Å²) < 4.78 is 35.8. The molecule has 1 fully saturated rings. The number of hydrogen-bond donors (Lipinski definition) is 3. The molecule has 0 bridgehead atoms. The Labute approximate surface area is 207 Å². The Morgan fingerprint density at radius 1 is 1.17 bits per heavy atom. The van der Waals surface area contributed by atoms with Crippen molar-refractivity contribution < 1.29 is 18.6 Å². The summed E-state index contributed by atoms with van der Waals surface area (Å²) in [6, 6.07) is 7.04. The molecule has 4 atom stereocenters. The summed E-state index contributed by atoms with van der Waals surface area (Å²) in [5.41, 5.74) is 7.63. The van der Waals surface area contributed by atoms with Gasteiger partial charge in [0.2, 0.25) is 5.95 Å². The van der Waals surface area contributed by atoms with E-state index in [0.29, 0.717) is 17.9 Å². The largest absolute Gasteiger partial charge is 0.497 e. The fourth-order valence-corrected chi connectivity index (χ4v) is 4.93. The molecular weight excluding hydrogens is 466 g/mol. The fraction of sp³-hybridized carbons (Fsp3) is 0.346. The van der Waals surface area contributed by atoms with Crippen molar-refractivity contribution in [1.82, 2.24) is 19.6 Å². The lowest BCUT2D eigenvalue weighted by Crippen LogP contribution is -2.54. The number of aliphatic hydroxyl groups is 1. The summed E-state index contributed by atoms with van der Waals surface area (Å²) in [4.78, 5) is 8.69. The van der Waals surface area contributed by atoms with E-state index < -0.39 is 17.2 Å². The van der Waals surface area contributed by atoms with E-state index in [0.717, 1.165) is 29.8 Å². The number of nitrogens with zero attached hydrogens (tertiary/aromatic N) is 4. The second kappa shape index (κ2) is 9.11. The van der Waals surface area contributed by atoms with Crippen LogP contribution in [0.2, 0.25) is 0 Å². The van der Waals surface area contributed by atoms with Crippen LogP contribution >= 0.6 is 0 Å². The number of nitrogens with two attached hydrogens (primary N) is 1. The highest BCUT2D eigenvalue weighted by atomic mass is 19.1. The second-order valence-electron chi connectivity index (χ2n) is 9.59.